The number of rotatable bonds is 4. The largest absolute Gasteiger partial charge is 0.877 e. The van der Waals surface area contributed by atoms with Gasteiger partial charge in [-0.2, -0.15) is 0 Å². The molecule has 0 saturated carbocycles. The number of carboxylic acids is 2. The van der Waals surface area contributed by atoms with Gasteiger partial charge in [-0.05, 0) is 11.6 Å². The van der Waals surface area contributed by atoms with Crippen molar-refractivity contribution in [2.24, 2.45) is 0 Å². The number of hydrogen-bond acceptors (Lipinski definition) is 5. The normalized spacial score (nSPS) is 11.5. The van der Waals surface area contributed by atoms with E-state index in [1.165, 1.54) is 0 Å². The van der Waals surface area contributed by atoms with Crippen molar-refractivity contribution < 1.29 is 29.7 Å². The van der Waals surface area contributed by atoms with Crippen LogP contribution in [0.3, 0.4) is 0 Å². The van der Waals surface area contributed by atoms with E-state index in [0.717, 1.165) is 0 Å². The molecule has 0 aromatic rings. The molecule has 0 atom stereocenters. The SMILES string of the molecule is O=C(O)C(=O)/C=C/C(=C\[O-])C(=O)[O-]. The summed E-state index contributed by atoms with van der Waals surface area (Å²) in [6.45, 7) is 0. The predicted molar refractivity (Wildman–Crippen MR) is 34.9 cm³/mol. The maximum absolute atomic E-state index is 10.4. The second-order valence-corrected chi connectivity index (χ2v) is 1.86. The van der Waals surface area contributed by atoms with Gasteiger partial charge in [0.1, 0.15) is 0 Å². The predicted octanol–water partition coefficient (Wildman–Crippen LogP) is -2.81. The maximum atomic E-state index is 10.4. The zero-order valence-corrected chi connectivity index (χ0v) is 6.22. The van der Waals surface area contributed by atoms with Crippen LogP contribution in [0.15, 0.2) is 24.0 Å². The van der Waals surface area contributed by atoms with E-state index >= 15 is 0 Å². The third-order valence-electron chi connectivity index (χ3n) is 0.988. The molecule has 6 nitrogen and oxygen atoms in total. The quantitative estimate of drug-likeness (QED) is 0.218. The summed E-state index contributed by atoms with van der Waals surface area (Å²) < 4.78 is 0. The standard InChI is InChI=1S/C7H6O6/c8-3-4(6(10)11)1-2-5(9)7(12)13/h1-3,8H,(H,10,11)(H,12,13)/p-2/b2-1+,4-3+. The van der Waals surface area contributed by atoms with Crippen LogP contribution in [0.1, 0.15) is 0 Å². The lowest BCUT2D eigenvalue weighted by Gasteiger charge is -2.04. The Labute approximate surface area is 72.4 Å². The van der Waals surface area contributed by atoms with Gasteiger partial charge >= 0.3 is 5.97 Å². The van der Waals surface area contributed by atoms with Gasteiger partial charge in [-0.25, -0.2) is 4.79 Å². The van der Waals surface area contributed by atoms with Crippen molar-refractivity contribution in [3.05, 3.63) is 24.0 Å². The summed E-state index contributed by atoms with van der Waals surface area (Å²) in [7, 11) is 0. The first-order valence-electron chi connectivity index (χ1n) is 2.98. The van der Waals surface area contributed by atoms with E-state index in [-0.39, 0.29) is 6.26 Å². The first kappa shape index (κ1) is 10.9. The highest BCUT2D eigenvalue weighted by atomic mass is 16.4. The van der Waals surface area contributed by atoms with Crippen molar-refractivity contribution in [2.75, 3.05) is 0 Å². The van der Waals surface area contributed by atoms with Crippen molar-refractivity contribution in [3.8, 4) is 0 Å². The summed E-state index contributed by atoms with van der Waals surface area (Å²) in [5.41, 5.74) is -0.797. The number of carbonyl (C=O) groups is 3. The minimum atomic E-state index is -1.77. The van der Waals surface area contributed by atoms with Crippen LogP contribution in [-0.2, 0) is 14.4 Å². The summed E-state index contributed by atoms with van der Waals surface area (Å²) in [6.07, 6.45) is 0.974. The van der Waals surface area contributed by atoms with Gasteiger partial charge in [0.2, 0.25) is 0 Å². The minimum Gasteiger partial charge on any atom is -0.877 e. The van der Waals surface area contributed by atoms with Crippen LogP contribution in [0.5, 0.6) is 0 Å². The molecule has 0 aliphatic heterocycles. The Hall–Kier alpha value is -2.11. The van der Waals surface area contributed by atoms with Crippen molar-refractivity contribution in [2.45, 2.75) is 0 Å². The van der Waals surface area contributed by atoms with Crippen LogP contribution >= 0.6 is 0 Å². The van der Waals surface area contributed by atoms with Crippen LogP contribution in [0, 0.1) is 0 Å². The highest BCUT2D eigenvalue weighted by Crippen LogP contribution is 1.92. The first-order valence-corrected chi connectivity index (χ1v) is 2.98. The molecule has 13 heavy (non-hydrogen) atoms. The Balaban J connectivity index is 4.51. The Kier molecular flexibility index (Phi) is 3.94. The van der Waals surface area contributed by atoms with Gasteiger partial charge in [0.05, 0.1) is 5.97 Å². The lowest BCUT2D eigenvalue weighted by atomic mass is 10.2. The second kappa shape index (κ2) is 4.70. The molecule has 0 heterocycles. The van der Waals surface area contributed by atoms with Crippen molar-refractivity contribution >= 4 is 17.7 Å². The Bertz CT molecular complexity index is 298. The molecule has 0 amide bonds. The van der Waals surface area contributed by atoms with E-state index in [1.54, 1.807) is 0 Å². The summed E-state index contributed by atoms with van der Waals surface area (Å²) in [4.78, 5) is 30.3. The lowest BCUT2D eigenvalue weighted by molar-refractivity contribution is -0.303. The zero-order chi connectivity index (χ0) is 10.4. The zero-order valence-electron chi connectivity index (χ0n) is 6.22. The molecular formula is C7H4O6-2. The van der Waals surface area contributed by atoms with E-state index < -0.39 is 23.3 Å². The highest BCUT2D eigenvalue weighted by Gasteiger charge is 2.05. The summed E-state index contributed by atoms with van der Waals surface area (Å²) in [6, 6.07) is 0. The molecular weight excluding hydrogens is 180 g/mol. The lowest BCUT2D eigenvalue weighted by Crippen LogP contribution is -2.24. The van der Waals surface area contributed by atoms with Crippen molar-refractivity contribution in [1.29, 1.82) is 0 Å². The molecule has 0 aromatic heterocycles. The van der Waals surface area contributed by atoms with E-state index in [4.69, 9.17) is 5.11 Å². The number of carboxylic acid groups (broad SMARTS) is 2. The third-order valence-corrected chi connectivity index (χ3v) is 0.988. The summed E-state index contributed by atoms with van der Waals surface area (Å²) in [5.74, 6) is -4.83. The molecule has 0 bridgehead atoms. The smallest absolute Gasteiger partial charge is 0.376 e. The molecule has 0 aromatic carbocycles. The Morgan fingerprint density at radius 2 is 1.69 bits per heavy atom. The second-order valence-electron chi connectivity index (χ2n) is 1.86. The molecule has 0 aliphatic carbocycles. The molecule has 1 N–H and O–H groups in total. The van der Waals surface area contributed by atoms with Crippen molar-refractivity contribution in [1.82, 2.24) is 0 Å². The van der Waals surface area contributed by atoms with Crippen LogP contribution in [0.2, 0.25) is 0 Å². The molecule has 70 valence electrons. The van der Waals surface area contributed by atoms with E-state index in [2.05, 4.69) is 0 Å². The van der Waals surface area contributed by atoms with Gasteiger partial charge < -0.3 is 20.1 Å². The molecule has 6 heteroatoms. The van der Waals surface area contributed by atoms with Gasteiger partial charge in [0, 0.05) is 0 Å². The van der Waals surface area contributed by atoms with Gasteiger partial charge in [-0.3, -0.25) is 4.79 Å². The van der Waals surface area contributed by atoms with Gasteiger partial charge in [-0.1, -0.05) is 6.08 Å². The molecule has 0 fully saturated rings. The van der Waals surface area contributed by atoms with Crippen LogP contribution < -0.4 is 10.2 Å². The molecule has 0 aliphatic rings. The third kappa shape index (κ3) is 3.71. The van der Waals surface area contributed by atoms with Gasteiger partial charge in [-0.15, -0.1) is 6.26 Å². The number of carbonyl (C=O) groups excluding carboxylic acids is 2. The summed E-state index contributed by atoms with van der Waals surface area (Å²) in [5, 5.41) is 28.0. The Morgan fingerprint density at radius 1 is 1.15 bits per heavy atom. The fourth-order valence-electron chi connectivity index (χ4n) is 0.392. The monoisotopic (exact) mass is 184 g/mol. The van der Waals surface area contributed by atoms with E-state index in [1.807, 2.05) is 0 Å². The fraction of sp³-hybridized carbons (Fsp3) is 0. The maximum Gasteiger partial charge on any atom is 0.376 e. The average Bonchev–Trinajstić information content (AvgIpc) is 2.04. The molecule has 0 radical (unpaired) electrons. The van der Waals surface area contributed by atoms with Gasteiger partial charge in [0.15, 0.2) is 0 Å². The highest BCUT2D eigenvalue weighted by molar-refractivity contribution is 6.37. The minimum absolute atomic E-state index is 0.0546. The van der Waals surface area contributed by atoms with Crippen LogP contribution in [0.4, 0.5) is 0 Å². The Morgan fingerprint density at radius 3 is 2.00 bits per heavy atom. The fourth-order valence-corrected chi connectivity index (χ4v) is 0.392. The molecule has 0 unspecified atom stereocenters. The van der Waals surface area contributed by atoms with Crippen molar-refractivity contribution in [3.63, 3.8) is 0 Å². The average molecular weight is 184 g/mol. The summed E-state index contributed by atoms with van der Waals surface area (Å²) >= 11 is 0. The number of aliphatic carboxylic acids is 2. The van der Waals surface area contributed by atoms with Crippen LogP contribution in [0.25, 0.3) is 0 Å². The molecule has 0 rings (SSSR count). The number of hydrogen-bond donors (Lipinski definition) is 1. The van der Waals surface area contributed by atoms with E-state index in [0.29, 0.717) is 12.2 Å². The topological polar surface area (TPSA) is 118 Å². The molecule has 0 saturated heterocycles. The first-order chi connectivity index (χ1) is 5.99. The van der Waals surface area contributed by atoms with Gasteiger partial charge in [0.25, 0.3) is 5.78 Å². The number of ketones is 1. The molecule has 0 spiro atoms. The van der Waals surface area contributed by atoms with Crippen LogP contribution in [-0.4, -0.2) is 22.8 Å². The van der Waals surface area contributed by atoms with E-state index in [9.17, 15) is 24.6 Å².